The van der Waals surface area contributed by atoms with Gasteiger partial charge in [-0.1, -0.05) is 29.4 Å². The third-order valence-corrected chi connectivity index (χ3v) is 6.10. The molecule has 0 saturated carbocycles. The molecule has 0 radical (unpaired) electrons. The first-order valence-electron chi connectivity index (χ1n) is 9.75. The summed E-state index contributed by atoms with van der Waals surface area (Å²) in [6.07, 6.45) is 3.41. The van der Waals surface area contributed by atoms with Crippen molar-refractivity contribution in [3.05, 3.63) is 77.6 Å². The van der Waals surface area contributed by atoms with Crippen LogP contribution in [0.4, 0.5) is 5.69 Å². The highest BCUT2D eigenvalue weighted by atomic mass is 35.5. The molecule has 0 unspecified atom stereocenters. The number of amides is 1. The molecule has 32 heavy (non-hydrogen) atoms. The van der Waals surface area contributed by atoms with Gasteiger partial charge < -0.3 is 10.1 Å². The summed E-state index contributed by atoms with van der Waals surface area (Å²) in [6.45, 7) is 1.94. The highest BCUT2D eigenvalue weighted by Gasteiger charge is 2.19. The fourth-order valence-corrected chi connectivity index (χ4v) is 4.02. The second-order valence-corrected chi connectivity index (χ2v) is 8.18. The lowest BCUT2D eigenvalue weighted by Gasteiger charge is -2.14. The maximum Gasteiger partial charge on any atom is 0.234 e. The molecule has 0 saturated heterocycles. The summed E-state index contributed by atoms with van der Waals surface area (Å²) in [7, 11) is 1.60. The normalized spacial score (nSPS) is 10.7. The van der Waals surface area contributed by atoms with E-state index in [0.29, 0.717) is 21.7 Å². The predicted molar refractivity (Wildman–Crippen MR) is 127 cm³/mol. The number of hydrogen-bond acceptors (Lipinski definition) is 6. The first-order chi connectivity index (χ1) is 15.6. The molecule has 162 valence electrons. The molecule has 7 nitrogen and oxygen atoms in total. The average molecular weight is 466 g/mol. The molecule has 2 heterocycles. The Morgan fingerprint density at radius 2 is 1.84 bits per heavy atom. The fraction of sp³-hybridized carbons (Fsp3) is 0.130. The number of thioether (sulfide) groups is 1. The molecule has 0 aliphatic carbocycles. The summed E-state index contributed by atoms with van der Waals surface area (Å²) in [6, 6.07) is 16.6. The Morgan fingerprint density at radius 3 is 2.56 bits per heavy atom. The molecule has 1 amide bonds. The number of nitrogens with zero attached hydrogens (tertiary/aromatic N) is 4. The molecule has 2 aromatic carbocycles. The van der Waals surface area contributed by atoms with Gasteiger partial charge in [0.05, 0.1) is 18.6 Å². The Bertz CT molecular complexity index is 1230. The van der Waals surface area contributed by atoms with Crippen molar-refractivity contribution in [3.63, 3.8) is 0 Å². The number of pyridine rings is 1. The average Bonchev–Trinajstić information content (AvgIpc) is 3.24. The van der Waals surface area contributed by atoms with Crippen LogP contribution < -0.4 is 10.1 Å². The number of hydrogen-bond donors (Lipinski definition) is 1. The minimum absolute atomic E-state index is 0.150. The van der Waals surface area contributed by atoms with E-state index in [4.69, 9.17) is 16.3 Å². The van der Waals surface area contributed by atoms with E-state index in [1.807, 2.05) is 41.8 Å². The van der Waals surface area contributed by atoms with Crippen LogP contribution in [0.5, 0.6) is 5.75 Å². The fourth-order valence-electron chi connectivity index (χ4n) is 3.11. The summed E-state index contributed by atoms with van der Waals surface area (Å²) in [5, 5.41) is 12.9. The van der Waals surface area contributed by atoms with Crippen LogP contribution in [0.1, 0.15) is 5.56 Å². The van der Waals surface area contributed by atoms with E-state index >= 15 is 0 Å². The monoisotopic (exact) mass is 465 g/mol. The maximum atomic E-state index is 12.5. The van der Waals surface area contributed by atoms with Gasteiger partial charge in [0.1, 0.15) is 5.75 Å². The van der Waals surface area contributed by atoms with Gasteiger partial charge in [-0.3, -0.25) is 14.3 Å². The summed E-state index contributed by atoms with van der Waals surface area (Å²) in [4.78, 5) is 16.6. The van der Waals surface area contributed by atoms with Crippen LogP contribution in [0, 0.1) is 6.92 Å². The van der Waals surface area contributed by atoms with Crippen molar-refractivity contribution in [2.24, 2.45) is 0 Å². The SMILES string of the molecule is COc1ccc(NC(=O)CSc2nnc(-c3ccncc3)n2-c2cccc(Cl)c2C)cc1. The van der Waals surface area contributed by atoms with Crippen LogP contribution in [-0.4, -0.2) is 38.5 Å². The topological polar surface area (TPSA) is 81.9 Å². The number of methoxy groups -OCH3 is 1. The van der Waals surface area contributed by atoms with Crippen LogP contribution in [0.2, 0.25) is 5.02 Å². The Labute approximate surface area is 194 Å². The van der Waals surface area contributed by atoms with Crippen LogP contribution in [0.25, 0.3) is 17.1 Å². The number of carbonyl (C=O) groups excluding carboxylic acids is 1. The number of halogens is 1. The number of rotatable bonds is 7. The quantitative estimate of drug-likeness (QED) is 0.385. The Balaban J connectivity index is 1.60. The smallest absolute Gasteiger partial charge is 0.234 e. The van der Waals surface area contributed by atoms with E-state index in [-0.39, 0.29) is 11.7 Å². The van der Waals surface area contributed by atoms with Gasteiger partial charge in [0.25, 0.3) is 0 Å². The van der Waals surface area contributed by atoms with E-state index < -0.39 is 0 Å². The molecule has 0 aliphatic rings. The summed E-state index contributed by atoms with van der Waals surface area (Å²) in [5.74, 6) is 1.39. The first-order valence-corrected chi connectivity index (χ1v) is 11.1. The van der Waals surface area contributed by atoms with Crippen LogP contribution in [0.3, 0.4) is 0 Å². The van der Waals surface area contributed by atoms with Gasteiger partial charge in [0.15, 0.2) is 11.0 Å². The van der Waals surface area contributed by atoms with Gasteiger partial charge in [-0.2, -0.15) is 0 Å². The zero-order valence-corrected chi connectivity index (χ0v) is 19.0. The highest BCUT2D eigenvalue weighted by Crippen LogP contribution is 2.31. The molecule has 1 N–H and O–H groups in total. The van der Waals surface area contributed by atoms with Crippen LogP contribution >= 0.6 is 23.4 Å². The molecule has 9 heteroatoms. The van der Waals surface area contributed by atoms with Crippen molar-refractivity contribution >= 4 is 35.0 Å². The van der Waals surface area contributed by atoms with Gasteiger partial charge in [-0.25, -0.2) is 0 Å². The van der Waals surface area contributed by atoms with E-state index in [2.05, 4.69) is 20.5 Å². The number of nitrogens with one attached hydrogen (secondary N) is 1. The second kappa shape index (κ2) is 9.84. The van der Waals surface area contributed by atoms with Crippen LogP contribution in [-0.2, 0) is 4.79 Å². The number of anilines is 1. The van der Waals surface area contributed by atoms with Crippen LogP contribution in [0.15, 0.2) is 72.1 Å². The molecular formula is C23H20ClN5O2S. The maximum absolute atomic E-state index is 12.5. The zero-order chi connectivity index (χ0) is 22.5. The highest BCUT2D eigenvalue weighted by molar-refractivity contribution is 7.99. The third kappa shape index (κ3) is 4.76. The molecule has 0 bridgehead atoms. The van der Waals surface area contributed by atoms with Gasteiger partial charge in [-0.05, 0) is 61.0 Å². The van der Waals surface area contributed by atoms with Crippen molar-refractivity contribution in [1.29, 1.82) is 0 Å². The van der Waals surface area contributed by atoms with E-state index in [1.165, 1.54) is 11.8 Å². The first kappa shape index (κ1) is 21.9. The molecule has 4 aromatic rings. The third-order valence-electron chi connectivity index (χ3n) is 4.76. The molecule has 0 fully saturated rings. The molecular weight excluding hydrogens is 446 g/mol. The zero-order valence-electron chi connectivity index (χ0n) is 17.4. The minimum Gasteiger partial charge on any atom is -0.497 e. The van der Waals surface area contributed by atoms with Gasteiger partial charge in [-0.15, -0.1) is 10.2 Å². The standard InChI is InChI=1S/C23H20ClN5O2S/c1-15-19(24)4-3-5-20(15)29-22(16-10-12-25-13-11-16)27-28-23(29)32-14-21(30)26-17-6-8-18(31-2)9-7-17/h3-13H,14H2,1-2H3,(H,26,30). The van der Waals surface area contributed by atoms with E-state index in [1.54, 1.807) is 43.8 Å². The van der Waals surface area contributed by atoms with E-state index in [0.717, 1.165) is 22.6 Å². The number of aromatic nitrogens is 4. The van der Waals surface area contributed by atoms with Gasteiger partial charge >= 0.3 is 0 Å². The number of benzene rings is 2. The largest absolute Gasteiger partial charge is 0.497 e. The predicted octanol–water partition coefficient (Wildman–Crippen LogP) is 5.03. The van der Waals surface area contributed by atoms with Crippen molar-refractivity contribution in [3.8, 4) is 22.8 Å². The van der Waals surface area contributed by atoms with Gasteiger partial charge in [0.2, 0.25) is 5.91 Å². The lowest BCUT2D eigenvalue weighted by molar-refractivity contribution is -0.113. The van der Waals surface area contributed by atoms with Crippen molar-refractivity contribution in [2.45, 2.75) is 12.1 Å². The number of ether oxygens (including phenoxy) is 1. The lowest BCUT2D eigenvalue weighted by atomic mass is 10.2. The Kier molecular flexibility index (Phi) is 6.72. The molecule has 0 atom stereocenters. The summed E-state index contributed by atoms with van der Waals surface area (Å²) in [5.41, 5.74) is 3.31. The molecule has 0 aliphatic heterocycles. The summed E-state index contributed by atoms with van der Waals surface area (Å²) < 4.78 is 7.06. The van der Waals surface area contributed by atoms with Gasteiger partial charge in [0, 0.05) is 28.7 Å². The van der Waals surface area contributed by atoms with Crippen molar-refractivity contribution < 1.29 is 9.53 Å². The second-order valence-electron chi connectivity index (χ2n) is 6.83. The summed E-state index contributed by atoms with van der Waals surface area (Å²) >= 11 is 7.68. The molecule has 4 rings (SSSR count). The number of carbonyl (C=O) groups is 1. The Morgan fingerprint density at radius 1 is 1.09 bits per heavy atom. The lowest BCUT2D eigenvalue weighted by Crippen LogP contribution is -2.14. The molecule has 2 aromatic heterocycles. The van der Waals surface area contributed by atoms with Crippen molar-refractivity contribution in [1.82, 2.24) is 19.7 Å². The van der Waals surface area contributed by atoms with E-state index in [9.17, 15) is 4.79 Å². The van der Waals surface area contributed by atoms with Crippen molar-refractivity contribution in [2.75, 3.05) is 18.2 Å². The Hall–Kier alpha value is -3.36. The molecule has 0 spiro atoms. The minimum atomic E-state index is -0.150.